The van der Waals surface area contributed by atoms with E-state index in [0.29, 0.717) is 13.0 Å². The summed E-state index contributed by atoms with van der Waals surface area (Å²) in [6, 6.07) is 17.2. The molecule has 2 aromatic carbocycles. The number of nitrogens with one attached hydrogen (secondary N) is 2. The Hall–Kier alpha value is -3.02. The number of rotatable bonds is 7. The van der Waals surface area contributed by atoms with E-state index in [9.17, 15) is 9.59 Å². The van der Waals surface area contributed by atoms with Crippen LogP contribution in [0, 0.1) is 0 Å². The second kappa shape index (κ2) is 9.26. The van der Waals surface area contributed by atoms with Crippen LogP contribution in [0.1, 0.15) is 25.3 Å². The zero-order valence-electron chi connectivity index (χ0n) is 16.4. The molecule has 1 saturated heterocycles. The van der Waals surface area contributed by atoms with Gasteiger partial charge in [-0.15, -0.1) is 0 Å². The number of methoxy groups -OCH3 is 1. The lowest BCUT2D eigenvalue weighted by Crippen LogP contribution is -2.46. The number of hydrogen-bond acceptors (Lipinski definition) is 3. The molecule has 1 fully saturated rings. The second-order valence-electron chi connectivity index (χ2n) is 7.15. The molecule has 2 aromatic rings. The molecule has 28 heavy (non-hydrogen) atoms. The van der Waals surface area contributed by atoms with Gasteiger partial charge in [0.1, 0.15) is 5.75 Å². The van der Waals surface area contributed by atoms with E-state index in [2.05, 4.69) is 22.8 Å². The van der Waals surface area contributed by atoms with Gasteiger partial charge in [-0.05, 0) is 49.6 Å². The van der Waals surface area contributed by atoms with E-state index >= 15 is 0 Å². The molecule has 0 spiro atoms. The molecule has 1 aliphatic heterocycles. The summed E-state index contributed by atoms with van der Waals surface area (Å²) in [5.41, 5.74) is 2.07. The quantitative estimate of drug-likeness (QED) is 0.774. The van der Waals surface area contributed by atoms with Gasteiger partial charge in [0.2, 0.25) is 5.91 Å². The Balaban J connectivity index is 1.45. The van der Waals surface area contributed by atoms with Crippen molar-refractivity contribution in [3.05, 3.63) is 60.2 Å². The number of nitrogens with zero attached hydrogens (tertiary/aromatic N) is 1. The molecule has 1 heterocycles. The third kappa shape index (κ3) is 5.25. The number of hydrogen-bond donors (Lipinski definition) is 2. The second-order valence-corrected chi connectivity index (χ2v) is 7.15. The largest absolute Gasteiger partial charge is 0.497 e. The van der Waals surface area contributed by atoms with E-state index in [4.69, 9.17) is 4.74 Å². The first kappa shape index (κ1) is 19.7. The number of urea groups is 1. The molecule has 0 bridgehead atoms. The molecule has 1 aliphatic rings. The summed E-state index contributed by atoms with van der Waals surface area (Å²) in [4.78, 5) is 26.3. The molecule has 3 amide bonds. The number of carbonyl (C=O) groups excluding carboxylic acids is 2. The van der Waals surface area contributed by atoms with Crippen molar-refractivity contribution in [1.29, 1.82) is 0 Å². The number of ether oxygens (including phenoxy) is 1. The molecule has 0 radical (unpaired) electrons. The van der Waals surface area contributed by atoms with E-state index in [-0.39, 0.29) is 24.0 Å². The highest BCUT2D eigenvalue weighted by Gasteiger charge is 2.31. The average molecular weight is 381 g/mol. The van der Waals surface area contributed by atoms with Crippen molar-refractivity contribution in [2.75, 3.05) is 18.6 Å². The first-order chi connectivity index (χ1) is 13.5. The average Bonchev–Trinajstić information content (AvgIpc) is 3.07. The smallest absolute Gasteiger partial charge is 0.315 e. The Morgan fingerprint density at radius 3 is 2.57 bits per heavy atom. The lowest BCUT2D eigenvalue weighted by Gasteiger charge is -2.19. The topological polar surface area (TPSA) is 70.7 Å². The van der Waals surface area contributed by atoms with Gasteiger partial charge in [0.05, 0.1) is 13.2 Å². The van der Waals surface area contributed by atoms with Crippen LogP contribution in [0.4, 0.5) is 10.5 Å². The van der Waals surface area contributed by atoms with Gasteiger partial charge < -0.3 is 20.3 Å². The number of benzene rings is 2. The maximum atomic E-state index is 12.3. The van der Waals surface area contributed by atoms with Gasteiger partial charge in [-0.2, -0.15) is 0 Å². The van der Waals surface area contributed by atoms with Crippen LogP contribution in [0.3, 0.4) is 0 Å². The highest BCUT2D eigenvalue weighted by Crippen LogP contribution is 2.24. The highest BCUT2D eigenvalue weighted by molar-refractivity contribution is 5.96. The van der Waals surface area contributed by atoms with Crippen molar-refractivity contribution in [3.8, 4) is 5.75 Å². The molecule has 6 nitrogen and oxygen atoms in total. The Morgan fingerprint density at radius 2 is 1.89 bits per heavy atom. The summed E-state index contributed by atoms with van der Waals surface area (Å²) in [6.07, 6.45) is 2.08. The summed E-state index contributed by atoms with van der Waals surface area (Å²) in [7, 11) is 1.61. The molecule has 0 aliphatic carbocycles. The molecule has 2 N–H and O–H groups in total. The fourth-order valence-corrected chi connectivity index (χ4v) is 3.37. The van der Waals surface area contributed by atoms with E-state index < -0.39 is 0 Å². The van der Waals surface area contributed by atoms with Gasteiger partial charge in [0.25, 0.3) is 0 Å². The van der Waals surface area contributed by atoms with Gasteiger partial charge in [-0.1, -0.05) is 30.3 Å². The van der Waals surface area contributed by atoms with E-state index in [0.717, 1.165) is 24.3 Å². The van der Waals surface area contributed by atoms with Crippen LogP contribution in [0.2, 0.25) is 0 Å². The van der Waals surface area contributed by atoms with Crippen molar-refractivity contribution in [2.45, 2.75) is 38.3 Å². The van der Waals surface area contributed by atoms with Gasteiger partial charge >= 0.3 is 6.03 Å². The van der Waals surface area contributed by atoms with Crippen molar-refractivity contribution < 1.29 is 14.3 Å². The predicted molar refractivity (Wildman–Crippen MR) is 110 cm³/mol. The zero-order valence-corrected chi connectivity index (χ0v) is 16.4. The number of carbonyl (C=O) groups is 2. The maximum Gasteiger partial charge on any atom is 0.315 e. The molecule has 3 rings (SSSR count). The first-order valence-electron chi connectivity index (χ1n) is 9.60. The zero-order chi connectivity index (χ0) is 19.9. The minimum absolute atomic E-state index is 0.00703. The summed E-state index contributed by atoms with van der Waals surface area (Å²) in [5.74, 6) is 0.751. The maximum absolute atomic E-state index is 12.3. The normalized spacial score (nSPS) is 17.3. The standard InChI is InChI=1S/C22H27N3O3/c1-16(8-9-17-6-4-3-5-7-17)23-22(27)24-18-14-21(26)25(15-18)19-10-12-20(28-2)13-11-19/h3-7,10-13,16,18H,8-9,14-15H2,1-2H3,(H2,23,24,27)/t16-,18+/m1/s1. The lowest BCUT2D eigenvalue weighted by molar-refractivity contribution is -0.117. The van der Waals surface area contributed by atoms with Crippen molar-refractivity contribution >= 4 is 17.6 Å². The molecule has 0 saturated carbocycles. The fraction of sp³-hybridized carbons (Fsp3) is 0.364. The SMILES string of the molecule is COc1ccc(N2C[C@@H](NC(=O)N[C@H](C)CCc3ccccc3)CC2=O)cc1. The molecule has 6 heteroatoms. The number of anilines is 1. The molecular formula is C22H27N3O3. The van der Waals surface area contributed by atoms with E-state index in [1.165, 1.54) is 5.56 Å². The first-order valence-corrected chi connectivity index (χ1v) is 9.60. The summed E-state index contributed by atoms with van der Waals surface area (Å²) in [6.45, 7) is 2.46. The Labute approximate surface area is 165 Å². The lowest BCUT2D eigenvalue weighted by atomic mass is 10.1. The van der Waals surface area contributed by atoms with E-state index in [1.54, 1.807) is 12.0 Å². The Bertz CT molecular complexity index is 792. The van der Waals surface area contributed by atoms with E-state index in [1.807, 2.05) is 49.4 Å². The van der Waals surface area contributed by atoms with Gasteiger partial charge in [0, 0.05) is 24.7 Å². The van der Waals surface area contributed by atoms with Crippen LogP contribution < -0.4 is 20.3 Å². The minimum atomic E-state index is -0.227. The van der Waals surface area contributed by atoms with Crippen molar-refractivity contribution in [3.63, 3.8) is 0 Å². The van der Waals surface area contributed by atoms with Gasteiger partial charge in [0.15, 0.2) is 0 Å². The van der Waals surface area contributed by atoms with Crippen LogP contribution in [0.15, 0.2) is 54.6 Å². The molecule has 0 unspecified atom stereocenters. The van der Waals surface area contributed by atoms with Gasteiger partial charge in [-0.25, -0.2) is 4.79 Å². The summed E-state index contributed by atoms with van der Waals surface area (Å²) >= 11 is 0. The number of amides is 3. The molecule has 2 atom stereocenters. The van der Waals surface area contributed by atoms with Crippen LogP contribution >= 0.6 is 0 Å². The Kier molecular flexibility index (Phi) is 6.53. The minimum Gasteiger partial charge on any atom is -0.497 e. The van der Waals surface area contributed by atoms with Crippen molar-refractivity contribution in [2.24, 2.45) is 0 Å². The van der Waals surface area contributed by atoms with Crippen LogP contribution in [-0.2, 0) is 11.2 Å². The predicted octanol–water partition coefficient (Wildman–Crippen LogP) is 3.12. The number of aryl methyl sites for hydroxylation is 1. The monoisotopic (exact) mass is 381 g/mol. The summed E-state index contributed by atoms with van der Waals surface area (Å²) < 4.78 is 5.15. The third-order valence-corrected chi connectivity index (χ3v) is 4.93. The summed E-state index contributed by atoms with van der Waals surface area (Å²) in [5, 5.41) is 5.89. The van der Waals surface area contributed by atoms with Crippen molar-refractivity contribution in [1.82, 2.24) is 10.6 Å². The van der Waals surface area contributed by atoms with Crippen LogP contribution in [0.5, 0.6) is 5.75 Å². The Morgan fingerprint density at radius 1 is 1.18 bits per heavy atom. The molecular weight excluding hydrogens is 354 g/mol. The third-order valence-electron chi connectivity index (χ3n) is 4.93. The fourth-order valence-electron chi connectivity index (χ4n) is 3.37. The van der Waals surface area contributed by atoms with Crippen LogP contribution in [-0.4, -0.2) is 37.7 Å². The highest BCUT2D eigenvalue weighted by atomic mass is 16.5. The molecule has 148 valence electrons. The van der Waals surface area contributed by atoms with Gasteiger partial charge in [-0.3, -0.25) is 4.79 Å². The molecule has 0 aromatic heterocycles. The van der Waals surface area contributed by atoms with Crippen LogP contribution in [0.25, 0.3) is 0 Å².